The van der Waals surface area contributed by atoms with Crippen LogP contribution in [0.5, 0.6) is 0 Å². The van der Waals surface area contributed by atoms with E-state index in [1.807, 2.05) is 18.2 Å². The van der Waals surface area contributed by atoms with Crippen molar-refractivity contribution in [3.8, 4) is 11.4 Å². The SMILES string of the molecule is O=C(ONc1nc(-c2cnn3ccccc23)ncc1F)N1CCCCC1. The lowest BCUT2D eigenvalue weighted by Crippen LogP contribution is -2.37. The molecule has 134 valence electrons. The average Bonchev–Trinajstić information content (AvgIpc) is 3.12. The molecular formula is C17H17FN6O2. The number of fused-ring (bicyclic) bond motifs is 1. The van der Waals surface area contributed by atoms with Crippen LogP contribution >= 0.6 is 0 Å². The predicted octanol–water partition coefficient (Wildman–Crippen LogP) is 2.88. The van der Waals surface area contributed by atoms with E-state index in [-0.39, 0.29) is 11.6 Å². The van der Waals surface area contributed by atoms with Crippen LogP contribution < -0.4 is 5.48 Å². The van der Waals surface area contributed by atoms with Crippen LogP contribution in [0.4, 0.5) is 15.0 Å². The third-order valence-corrected chi connectivity index (χ3v) is 4.26. The van der Waals surface area contributed by atoms with Crippen molar-refractivity contribution in [1.82, 2.24) is 24.5 Å². The number of nitrogens with one attached hydrogen (secondary N) is 1. The quantitative estimate of drug-likeness (QED) is 0.727. The van der Waals surface area contributed by atoms with E-state index in [1.54, 1.807) is 21.8 Å². The Morgan fingerprint density at radius 1 is 1.19 bits per heavy atom. The number of nitrogens with zero attached hydrogens (tertiary/aromatic N) is 5. The molecule has 0 radical (unpaired) electrons. The maximum Gasteiger partial charge on any atom is 0.434 e. The summed E-state index contributed by atoms with van der Waals surface area (Å²) >= 11 is 0. The molecule has 4 rings (SSSR count). The van der Waals surface area contributed by atoms with Gasteiger partial charge < -0.3 is 9.74 Å². The molecule has 0 unspecified atom stereocenters. The topological polar surface area (TPSA) is 84.6 Å². The van der Waals surface area contributed by atoms with Crippen molar-refractivity contribution < 1.29 is 14.0 Å². The van der Waals surface area contributed by atoms with Gasteiger partial charge in [-0.05, 0) is 31.4 Å². The van der Waals surface area contributed by atoms with E-state index in [0.29, 0.717) is 18.7 Å². The number of piperidine rings is 1. The number of hydrogen-bond donors (Lipinski definition) is 1. The monoisotopic (exact) mass is 356 g/mol. The van der Waals surface area contributed by atoms with Crippen molar-refractivity contribution in [3.05, 3.63) is 42.6 Å². The highest BCUT2D eigenvalue weighted by molar-refractivity contribution is 5.76. The van der Waals surface area contributed by atoms with Gasteiger partial charge in [0.15, 0.2) is 17.5 Å². The molecule has 1 amide bonds. The highest BCUT2D eigenvalue weighted by atomic mass is 19.1. The van der Waals surface area contributed by atoms with Gasteiger partial charge in [-0.1, -0.05) is 6.07 Å². The van der Waals surface area contributed by atoms with Crippen LogP contribution in [-0.2, 0) is 4.84 Å². The lowest BCUT2D eigenvalue weighted by atomic mass is 10.1. The number of hydrogen-bond acceptors (Lipinski definition) is 6. The summed E-state index contributed by atoms with van der Waals surface area (Å²) in [7, 11) is 0. The van der Waals surface area contributed by atoms with Crippen molar-refractivity contribution in [3.63, 3.8) is 0 Å². The van der Waals surface area contributed by atoms with Crippen LogP contribution in [0.3, 0.4) is 0 Å². The van der Waals surface area contributed by atoms with Crippen molar-refractivity contribution in [2.45, 2.75) is 19.3 Å². The summed E-state index contributed by atoms with van der Waals surface area (Å²) in [6.45, 7) is 1.28. The Kier molecular flexibility index (Phi) is 4.34. The summed E-state index contributed by atoms with van der Waals surface area (Å²) in [5.41, 5.74) is 3.75. The van der Waals surface area contributed by atoms with Gasteiger partial charge in [0.1, 0.15) is 0 Å². The standard InChI is InChI=1S/C17H17FN6O2/c18-13-11-19-15(12-10-20-24-9-5-2-6-14(12)24)21-16(13)22-26-17(25)23-7-3-1-4-8-23/h2,5-6,9-11H,1,3-4,7-8H2,(H,19,21,22). The van der Waals surface area contributed by atoms with Gasteiger partial charge in [0.05, 0.1) is 23.5 Å². The average molecular weight is 356 g/mol. The maximum absolute atomic E-state index is 14.0. The largest absolute Gasteiger partial charge is 0.434 e. The molecule has 1 N–H and O–H groups in total. The number of halogens is 1. The molecule has 0 saturated carbocycles. The van der Waals surface area contributed by atoms with Gasteiger partial charge >= 0.3 is 6.09 Å². The van der Waals surface area contributed by atoms with Gasteiger partial charge in [0.25, 0.3) is 0 Å². The first-order chi connectivity index (χ1) is 12.7. The number of rotatable bonds is 3. The number of anilines is 1. The van der Waals surface area contributed by atoms with Crippen molar-refractivity contribution in [2.75, 3.05) is 18.6 Å². The number of carbonyl (C=O) groups is 1. The Morgan fingerprint density at radius 2 is 2.04 bits per heavy atom. The molecule has 3 aromatic heterocycles. The van der Waals surface area contributed by atoms with Crippen LogP contribution in [0.25, 0.3) is 16.9 Å². The van der Waals surface area contributed by atoms with E-state index >= 15 is 0 Å². The van der Waals surface area contributed by atoms with E-state index in [9.17, 15) is 9.18 Å². The van der Waals surface area contributed by atoms with Gasteiger partial charge in [-0.3, -0.25) is 0 Å². The summed E-state index contributed by atoms with van der Waals surface area (Å²) in [6.07, 6.45) is 6.87. The molecule has 26 heavy (non-hydrogen) atoms. The second kappa shape index (κ2) is 6.95. The molecule has 0 spiro atoms. The molecule has 8 nitrogen and oxygen atoms in total. The fourth-order valence-electron chi connectivity index (χ4n) is 2.91. The first kappa shape index (κ1) is 16.2. The number of amides is 1. The second-order valence-corrected chi connectivity index (χ2v) is 6.00. The van der Waals surface area contributed by atoms with Crippen LogP contribution in [0, 0.1) is 5.82 Å². The van der Waals surface area contributed by atoms with Crippen LogP contribution in [0.1, 0.15) is 19.3 Å². The normalized spacial score (nSPS) is 14.4. The summed E-state index contributed by atoms with van der Waals surface area (Å²) in [5, 5.41) is 4.21. The molecule has 9 heteroatoms. The van der Waals surface area contributed by atoms with E-state index in [2.05, 4.69) is 20.5 Å². The van der Waals surface area contributed by atoms with Gasteiger partial charge in [-0.15, -0.1) is 0 Å². The summed E-state index contributed by atoms with van der Waals surface area (Å²) in [5.74, 6) is -0.628. The first-order valence-corrected chi connectivity index (χ1v) is 8.39. The molecule has 1 aliphatic rings. The smallest absolute Gasteiger partial charge is 0.322 e. The summed E-state index contributed by atoms with van der Waals surface area (Å²) < 4.78 is 15.7. The zero-order chi connectivity index (χ0) is 17.9. The minimum Gasteiger partial charge on any atom is -0.322 e. The highest BCUT2D eigenvalue weighted by Crippen LogP contribution is 2.23. The second-order valence-electron chi connectivity index (χ2n) is 6.00. The van der Waals surface area contributed by atoms with Gasteiger partial charge in [-0.25, -0.2) is 23.7 Å². The number of aromatic nitrogens is 4. The third kappa shape index (κ3) is 3.15. The Balaban J connectivity index is 1.54. The zero-order valence-corrected chi connectivity index (χ0v) is 13.9. The fourth-order valence-corrected chi connectivity index (χ4v) is 2.91. The number of carbonyl (C=O) groups excluding carboxylic acids is 1. The lowest BCUT2D eigenvalue weighted by Gasteiger charge is -2.25. The van der Waals surface area contributed by atoms with E-state index in [4.69, 9.17) is 4.84 Å². The van der Waals surface area contributed by atoms with Crippen molar-refractivity contribution in [1.29, 1.82) is 0 Å². The molecule has 4 heterocycles. The minimum absolute atomic E-state index is 0.198. The Hall–Kier alpha value is -3.23. The van der Waals surface area contributed by atoms with E-state index in [0.717, 1.165) is 31.0 Å². The molecule has 1 aliphatic heterocycles. The summed E-state index contributed by atoms with van der Waals surface area (Å²) in [4.78, 5) is 26.8. The molecular weight excluding hydrogens is 339 g/mol. The van der Waals surface area contributed by atoms with Gasteiger partial charge in [-0.2, -0.15) is 10.6 Å². The Labute approximate surface area is 148 Å². The van der Waals surface area contributed by atoms with Gasteiger partial charge in [0.2, 0.25) is 0 Å². The number of pyridine rings is 1. The van der Waals surface area contributed by atoms with Gasteiger partial charge in [0, 0.05) is 19.3 Å². The fraction of sp³-hybridized carbons (Fsp3) is 0.294. The predicted molar refractivity (Wildman–Crippen MR) is 91.7 cm³/mol. The lowest BCUT2D eigenvalue weighted by molar-refractivity contribution is 0.113. The van der Waals surface area contributed by atoms with E-state index < -0.39 is 11.9 Å². The molecule has 3 aromatic rings. The third-order valence-electron chi connectivity index (χ3n) is 4.26. The Morgan fingerprint density at radius 3 is 2.88 bits per heavy atom. The first-order valence-electron chi connectivity index (χ1n) is 8.39. The molecule has 0 aliphatic carbocycles. The minimum atomic E-state index is -0.711. The molecule has 1 fully saturated rings. The molecule has 1 saturated heterocycles. The molecule has 0 atom stereocenters. The van der Waals surface area contributed by atoms with Crippen LogP contribution in [-0.4, -0.2) is 43.7 Å². The Bertz CT molecular complexity index is 938. The maximum atomic E-state index is 14.0. The van der Waals surface area contributed by atoms with E-state index in [1.165, 1.54) is 0 Å². The summed E-state index contributed by atoms with van der Waals surface area (Å²) in [6, 6.07) is 5.57. The van der Waals surface area contributed by atoms with Crippen molar-refractivity contribution >= 4 is 17.4 Å². The molecule has 0 bridgehead atoms. The van der Waals surface area contributed by atoms with Crippen LogP contribution in [0.2, 0.25) is 0 Å². The van der Waals surface area contributed by atoms with Crippen LogP contribution in [0.15, 0.2) is 36.8 Å². The highest BCUT2D eigenvalue weighted by Gasteiger charge is 2.19. The zero-order valence-electron chi connectivity index (χ0n) is 13.9. The molecule has 0 aromatic carbocycles. The van der Waals surface area contributed by atoms with Crippen molar-refractivity contribution in [2.24, 2.45) is 0 Å². The number of likely N-dealkylation sites (tertiary alicyclic amines) is 1.